The quantitative estimate of drug-likeness (QED) is 0.218. The van der Waals surface area contributed by atoms with Gasteiger partial charge < -0.3 is 10.6 Å². The number of nitrogens with one attached hydrogen (secondary N) is 2. The first kappa shape index (κ1) is 23.5. The molecule has 7 heteroatoms. The monoisotopic (exact) mass is 485 g/mol. The van der Waals surface area contributed by atoms with Crippen LogP contribution in [0.1, 0.15) is 12.5 Å². The lowest BCUT2D eigenvalue weighted by molar-refractivity contribution is -0.115. The zero-order valence-corrected chi connectivity index (χ0v) is 20.1. The molecular weight excluding hydrogens is 462 g/mol. The van der Waals surface area contributed by atoms with Crippen molar-refractivity contribution in [3.63, 3.8) is 0 Å². The lowest BCUT2D eigenvalue weighted by atomic mass is 10.2. The molecule has 0 radical (unpaired) electrons. The number of amides is 2. The summed E-state index contributed by atoms with van der Waals surface area (Å²) in [7, 11) is 0. The second-order valence-electron chi connectivity index (χ2n) is 7.41. The van der Waals surface area contributed by atoms with Crippen LogP contribution in [0.4, 0.5) is 10.8 Å². The van der Waals surface area contributed by atoms with Crippen LogP contribution in [0.5, 0.6) is 0 Å². The van der Waals surface area contributed by atoms with E-state index in [-0.39, 0.29) is 17.1 Å². The molecule has 2 N–H and O–H groups in total. The molecule has 4 aromatic rings. The highest BCUT2D eigenvalue weighted by Gasteiger charge is 2.17. The summed E-state index contributed by atoms with van der Waals surface area (Å²) < 4.78 is 0. The maximum atomic E-state index is 12.7. The number of hydrogen-bond donors (Lipinski definition) is 2. The Hall–Kier alpha value is -3.68. The maximum absolute atomic E-state index is 12.7. The average molecular weight is 486 g/mol. The Morgan fingerprint density at radius 3 is 2.44 bits per heavy atom. The van der Waals surface area contributed by atoms with Crippen LogP contribution in [0.25, 0.3) is 17.3 Å². The van der Waals surface area contributed by atoms with Gasteiger partial charge in [-0.3, -0.25) is 9.59 Å². The van der Waals surface area contributed by atoms with Crippen LogP contribution in [0.2, 0.25) is 0 Å². The van der Waals surface area contributed by atoms with Crippen molar-refractivity contribution in [2.45, 2.75) is 17.1 Å². The normalized spacial score (nSPS) is 11.8. The van der Waals surface area contributed by atoms with Gasteiger partial charge in [-0.15, -0.1) is 23.1 Å². The summed E-state index contributed by atoms with van der Waals surface area (Å²) in [6.07, 6.45) is 3.27. The average Bonchev–Trinajstić information content (AvgIpc) is 3.32. The Bertz CT molecular complexity index is 1290. The SMILES string of the molecule is CC(Sc1cccc(NC(=O)/C=C/c2ccccc2)c1)C(=O)Nc1nc(-c2ccccc2)cs1. The van der Waals surface area contributed by atoms with Crippen molar-refractivity contribution in [1.29, 1.82) is 0 Å². The lowest BCUT2D eigenvalue weighted by Gasteiger charge is -2.11. The number of thiazole rings is 1. The largest absolute Gasteiger partial charge is 0.322 e. The highest BCUT2D eigenvalue weighted by atomic mass is 32.2. The van der Waals surface area contributed by atoms with Crippen LogP contribution in [0.3, 0.4) is 0 Å². The number of carbonyl (C=O) groups excluding carboxylic acids is 2. The van der Waals surface area contributed by atoms with E-state index in [0.717, 1.165) is 21.7 Å². The lowest BCUT2D eigenvalue weighted by Crippen LogP contribution is -2.22. The molecule has 0 bridgehead atoms. The fraction of sp³-hybridized carbons (Fsp3) is 0.0741. The van der Waals surface area contributed by atoms with Crippen molar-refractivity contribution >= 4 is 51.8 Å². The zero-order chi connectivity index (χ0) is 23.8. The third kappa shape index (κ3) is 6.66. The van der Waals surface area contributed by atoms with Gasteiger partial charge >= 0.3 is 0 Å². The van der Waals surface area contributed by atoms with Gasteiger partial charge in [0.05, 0.1) is 10.9 Å². The van der Waals surface area contributed by atoms with Crippen LogP contribution in [0.15, 0.2) is 101 Å². The van der Waals surface area contributed by atoms with Gasteiger partial charge in [-0.1, -0.05) is 66.7 Å². The van der Waals surface area contributed by atoms with E-state index < -0.39 is 0 Å². The summed E-state index contributed by atoms with van der Waals surface area (Å²) in [4.78, 5) is 30.4. The Labute approximate surface area is 207 Å². The van der Waals surface area contributed by atoms with Gasteiger partial charge in [-0.2, -0.15) is 0 Å². The van der Waals surface area contributed by atoms with E-state index in [1.165, 1.54) is 29.2 Å². The van der Waals surface area contributed by atoms with Crippen molar-refractivity contribution in [1.82, 2.24) is 4.98 Å². The Morgan fingerprint density at radius 1 is 0.941 bits per heavy atom. The first-order valence-electron chi connectivity index (χ1n) is 10.7. The van der Waals surface area contributed by atoms with Crippen molar-refractivity contribution in [2.75, 3.05) is 10.6 Å². The zero-order valence-electron chi connectivity index (χ0n) is 18.5. The molecule has 0 saturated carbocycles. The van der Waals surface area contributed by atoms with E-state index in [2.05, 4.69) is 15.6 Å². The molecule has 2 amide bonds. The standard InChI is InChI=1S/C27H23N3O2S2/c1-19(26(32)30-27-29-24(18-33-27)21-11-6-3-7-12-21)34-23-14-8-13-22(17-23)28-25(31)16-15-20-9-4-2-5-10-20/h2-19H,1H3,(H,28,31)(H,29,30,32)/b16-15+. The second kappa shape index (κ2) is 11.4. The molecule has 0 fully saturated rings. The Kier molecular flexibility index (Phi) is 7.91. The van der Waals surface area contributed by atoms with Crippen LogP contribution in [-0.4, -0.2) is 22.0 Å². The molecule has 1 aromatic heterocycles. The molecule has 0 aliphatic rings. The van der Waals surface area contributed by atoms with E-state index in [1.807, 2.05) is 97.2 Å². The number of nitrogens with zero attached hydrogens (tertiary/aromatic N) is 1. The molecule has 3 aromatic carbocycles. The minimum absolute atomic E-state index is 0.126. The smallest absolute Gasteiger partial charge is 0.248 e. The Balaban J connectivity index is 1.32. The third-order valence-corrected chi connectivity index (χ3v) is 6.67. The maximum Gasteiger partial charge on any atom is 0.248 e. The summed E-state index contributed by atoms with van der Waals surface area (Å²) in [6, 6.07) is 27.0. The summed E-state index contributed by atoms with van der Waals surface area (Å²) in [5.74, 6) is -0.339. The molecule has 5 nitrogen and oxygen atoms in total. The number of thioether (sulfide) groups is 1. The molecule has 0 aliphatic heterocycles. The van der Waals surface area contributed by atoms with Crippen LogP contribution < -0.4 is 10.6 Å². The van der Waals surface area contributed by atoms with Gasteiger partial charge in [-0.25, -0.2) is 4.98 Å². The molecular formula is C27H23N3O2S2. The predicted octanol–water partition coefficient (Wildman–Crippen LogP) is 6.58. The molecule has 0 spiro atoms. The predicted molar refractivity (Wildman–Crippen MR) is 142 cm³/mol. The van der Waals surface area contributed by atoms with Gasteiger partial charge in [0.1, 0.15) is 0 Å². The van der Waals surface area contributed by atoms with Crippen LogP contribution in [0, 0.1) is 0 Å². The molecule has 1 heterocycles. The number of rotatable bonds is 8. The van der Waals surface area contributed by atoms with Crippen molar-refractivity contribution in [2.24, 2.45) is 0 Å². The van der Waals surface area contributed by atoms with Gasteiger partial charge in [0.15, 0.2) is 5.13 Å². The van der Waals surface area contributed by atoms with Gasteiger partial charge in [0.2, 0.25) is 11.8 Å². The van der Waals surface area contributed by atoms with Crippen LogP contribution in [-0.2, 0) is 9.59 Å². The highest BCUT2D eigenvalue weighted by molar-refractivity contribution is 8.00. The van der Waals surface area contributed by atoms with Gasteiger partial charge in [0, 0.05) is 27.6 Å². The highest BCUT2D eigenvalue weighted by Crippen LogP contribution is 2.28. The van der Waals surface area contributed by atoms with E-state index in [0.29, 0.717) is 10.8 Å². The number of benzene rings is 3. The van der Waals surface area contributed by atoms with Gasteiger partial charge in [-0.05, 0) is 36.8 Å². The number of carbonyl (C=O) groups is 2. The molecule has 34 heavy (non-hydrogen) atoms. The molecule has 0 aliphatic carbocycles. The molecule has 170 valence electrons. The topological polar surface area (TPSA) is 71.1 Å². The Morgan fingerprint density at radius 2 is 1.68 bits per heavy atom. The van der Waals surface area contributed by atoms with Gasteiger partial charge in [0.25, 0.3) is 0 Å². The van der Waals surface area contributed by atoms with E-state index in [4.69, 9.17) is 0 Å². The van der Waals surface area contributed by atoms with Crippen molar-refractivity contribution in [3.05, 3.63) is 102 Å². The fourth-order valence-corrected chi connectivity index (χ4v) is 4.75. The number of hydrogen-bond acceptors (Lipinski definition) is 5. The minimum Gasteiger partial charge on any atom is -0.322 e. The number of anilines is 2. The summed E-state index contributed by atoms with van der Waals surface area (Å²) in [6.45, 7) is 1.85. The first-order chi connectivity index (χ1) is 16.6. The van der Waals surface area contributed by atoms with E-state index in [9.17, 15) is 9.59 Å². The summed E-state index contributed by atoms with van der Waals surface area (Å²) in [5, 5.41) is 7.93. The number of aromatic nitrogens is 1. The van der Waals surface area contributed by atoms with E-state index in [1.54, 1.807) is 6.08 Å². The molecule has 0 saturated heterocycles. The second-order valence-corrected chi connectivity index (χ2v) is 9.69. The minimum atomic E-state index is -0.340. The molecule has 1 atom stereocenters. The van der Waals surface area contributed by atoms with Crippen molar-refractivity contribution in [3.8, 4) is 11.3 Å². The van der Waals surface area contributed by atoms with Crippen molar-refractivity contribution < 1.29 is 9.59 Å². The van der Waals surface area contributed by atoms with Crippen LogP contribution >= 0.6 is 23.1 Å². The first-order valence-corrected chi connectivity index (χ1v) is 12.5. The fourth-order valence-electron chi connectivity index (χ4n) is 3.10. The molecule has 4 rings (SSSR count). The molecule has 1 unspecified atom stereocenters. The summed E-state index contributed by atoms with van der Waals surface area (Å²) >= 11 is 2.82. The van der Waals surface area contributed by atoms with E-state index >= 15 is 0 Å². The third-order valence-electron chi connectivity index (χ3n) is 4.81. The summed E-state index contributed by atoms with van der Waals surface area (Å²) in [5.41, 5.74) is 3.48.